The second-order valence-electron chi connectivity index (χ2n) is 5.18. The fourth-order valence-electron chi connectivity index (χ4n) is 2.30. The quantitative estimate of drug-likeness (QED) is 0.386. The maximum atomic E-state index is 12.8. The van der Waals surface area contributed by atoms with Crippen LogP contribution < -0.4 is 4.74 Å². The van der Waals surface area contributed by atoms with Crippen LogP contribution in [0.5, 0.6) is 5.75 Å². The van der Waals surface area contributed by atoms with Crippen LogP contribution in [-0.2, 0) is 0 Å². The SMILES string of the molecule is COc1ccc(-c2nc(SC)n(C(=O)c3cccc([N+](=O)[O-])c3)n2)cc1. The molecule has 2 aromatic carbocycles. The van der Waals surface area contributed by atoms with Gasteiger partial charge in [-0.1, -0.05) is 17.8 Å². The Bertz CT molecular complexity index is 969. The van der Waals surface area contributed by atoms with Gasteiger partial charge in [0.05, 0.1) is 12.0 Å². The summed E-state index contributed by atoms with van der Waals surface area (Å²) >= 11 is 1.26. The molecule has 0 aliphatic rings. The Morgan fingerprint density at radius 3 is 2.58 bits per heavy atom. The number of non-ortho nitro benzene ring substituents is 1. The van der Waals surface area contributed by atoms with Gasteiger partial charge in [0.25, 0.3) is 11.6 Å². The zero-order chi connectivity index (χ0) is 18.7. The van der Waals surface area contributed by atoms with Crippen LogP contribution in [0.15, 0.2) is 53.7 Å². The van der Waals surface area contributed by atoms with Crippen LogP contribution in [0.25, 0.3) is 11.4 Å². The molecule has 0 bridgehead atoms. The summed E-state index contributed by atoms with van der Waals surface area (Å²) in [5.41, 5.74) is 0.740. The Morgan fingerprint density at radius 1 is 1.23 bits per heavy atom. The third-order valence-electron chi connectivity index (χ3n) is 3.60. The Balaban J connectivity index is 1.99. The van der Waals surface area contributed by atoms with E-state index in [2.05, 4.69) is 10.1 Å². The third kappa shape index (κ3) is 3.42. The lowest BCUT2D eigenvalue weighted by Gasteiger charge is -2.02. The largest absolute Gasteiger partial charge is 0.497 e. The van der Waals surface area contributed by atoms with Crippen LogP contribution >= 0.6 is 11.8 Å². The highest BCUT2D eigenvalue weighted by Crippen LogP contribution is 2.23. The molecular weight excluding hydrogens is 356 g/mol. The van der Waals surface area contributed by atoms with Crippen molar-refractivity contribution in [3.63, 3.8) is 0 Å². The van der Waals surface area contributed by atoms with Gasteiger partial charge in [0, 0.05) is 23.3 Å². The molecule has 0 spiro atoms. The lowest BCUT2D eigenvalue weighted by atomic mass is 10.2. The number of thioether (sulfide) groups is 1. The molecule has 9 heteroatoms. The van der Waals surface area contributed by atoms with Gasteiger partial charge in [-0.3, -0.25) is 14.9 Å². The summed E-state index contributed by atoms with van der Waals surface area (Å²) in [5, 5.41) is 15.6. The van der Waals surface area contributed by atoms with Crippen molar-refractivity contribution in [2.45, 2.75) is 5.16 Å². The zero-order valence-corrected chi connectivity index (χ0v) is 14.8. The minimum atomic E-state index is -0.545. The second-order valence-corrected chi connectivity index (χ2v) is 5.95. The number of carbonyl (C=O) groups is 1. The fraction of sp³-hybridized carbons (Fsp3) is 0.118. The lowest BCUT2D eigenvalue weighted by Crippen LogP contribution is -2.15. The van der Waals surface area contributed by atoms with E-state index in [0.29, 0.717) is 16.7 Å². The first kappa shape index (κ1) is 17.6. The van der Waals surface area contributed by atoms with Crippen molar-refractivity contribution < 1.29 is 14.5 Å². The van der Waals surface area contributed by atoms with Crippen LogP contribution in [0.1, 0.15) is 10.4 Å². The lowest BCUT2D eigenvalue weighted by molar-refractivity contribution is -0.384. The predicted octanol–water partition coefficient (Wildman–Crippen LogP) is 3.27. The van der Waals surface area contributed by atoms with Crippen LogP contribution in [0.2, 0.25) is 0 Å². The molecule has 3 rings (SSSR count). The first-order valence-corrected chi connectivity index (χ1v) is 8.70. The molecule has 0 saturated heterocycles. The maximum absolute atomic E-state index is 12.8. The average molecular weight is 370 g/mol. The molecule has 8 nitrogen and oxygen atoms in total. The van der Waals surface area contributed by atoms with E-state index in [1.165, 1.54) is 36.0 Å². The van der Waals surface area contributed by atoms with Crippen molar-refractivity contribution in [3.05, 3.63) is 64.2 Å². The molecule has 0 fully saturated rings. The topological polar surface area (TPSA) is 100 Å². The van der Waals surface area contributed by atoms with Gasteiger partial charge in [0.15, 0.2) is 11.0 Å². The average Bonchev–Trinajstić information content (AvgIpc) is 3.12. The van der Waals surface area contributed by atoms with Crippen molar-refractivity contribution in [1.29, 1.82) is 0 Å². The van der Waals surface area contributed by atoms with E-state index in [1.807, 2.05) is 0 Å². The second kappa shape index (κ2) is 7.36. The van der Waals surface area contributed by atoms with E-state index in [1.54, 1.807) is 37.6 Å². The maximum Gasteiger partial charge on any atom is 0.280 e. The molecule has 1 heterocycles. The molecule has 0 amide bonds. The van der Waals surface area contributed by atoms with Crippen molar-refractivity contribution in [1.82, 2.24) is 14.8 Å². The number of methoxy groups -OCH3 is 1. The molecule has 0 atom stereocenters. The number of aromatic nitrogens is 3. The minimum absolute atomic E-state index is 0.156. The molecule has 132 valence electrons. The first-order valence-electron chi connectivity index (χ1n) is 7.48. The molecule has 0 radical (unpaired) electrons. The zero-order valence-electron chi connectivity index (χ0n) is 13.9. The number of nitrogens with zero attached hydrogens (tertiary/aromatic N) is 4. The van der Waals surface area contributed by atoms with Gasteiger partial charge in [0.2, 0.25) is 0 Å². The summed E-state index contributed by atoms with van der Waals surface area (Å²) in [6.07, 6.45) is 1.78. The highest BCUT2D eigenvalue weighted by Gasteiger charge is 2.20. The number of ether oxygens (including phenoxy) is 1. The Hall–Kier alpha value is -3.20. The third-order valence-corrected chi connectivity index (χ3v) is 4.23. The Kier molecular flexibility index (Phi) is 4.99. The van der Waals surface area contributed by atoms with Gasteiger partial charge in [-0.25, -0.2) is 4.98 Å². The van der Waals surface area contributed by atoms with E-state index < -0.39 is 10.8 Å². The van der Waals surface area contributed by atoms with Gasteiger partial charge in [-0.15, -0.1) is 5.10 Å². The van der Waals surface area contributed by atoms with Gasteiger partial charge in [-0.05, 0) is 36.6 Å². The molecule has 0 saturated carbocycles. The summed E-state index contributed by atoms with van der Waals surface area (Å²) in [5.74, 6) is 0.604. The van der Waals surface area contributed by atoms with Crippen LogP contribution in [0.3, 0.4) is 0 Å². The Labute approximate surface area is 153 Å². The van der Waals surface area contributed by atoms with Gasteiger partial charge >= 0.3 is 0 Å². The van der Waals surface area contributed by atoms with Crippen molar-refractivity contribution in [2.75, 3.05) is 13.4 Å². The normalized spacial score (nSPS) is 10.5. The number of benzene rings is 2. The molecule has 3 aromatic rings. The van der Waals surface area contributed by atoms with Crippen molar-refractivity contribution >= 4 is 23.4 Å². The van der Waals surface area contributed by atoms with Crippen LogP contribution in [0.4, 0.5) is 5.69 Å². The molecular formula is C17H14N4O4S. The molecule has 0 unspecified atom stereocenters. The molecule has 0 N–H and O–H groups in total. The number of carbonyl (C=O) groups excluding carboxylic acids is 1. The van der Waals surface area contributed by atoms with Crippen molar-refractivity contribution in [2.24, 2.45) is 0 Å². The standard InChI is InChI=1S/C17H14N4O4S/c1-25-14-8-6-11(7-9-14)15-18-17(26-2)20(19-15)16(22)12-4-3-5-13(10-12)21(23)24/h3-10H,1-2H3. The van der Waals surface area contributed by atoms with E-state index in [4.69, 9.17) is 4.74 Å². The predicted molar refractivity (Wildman–Crippen MR) is 96.6 cm³/mol. The van der Waals surface area contributed by atoms with E-state index >= 15 is 0 Å². The summed E-state index contributed by atoms with van der Waals surface area (Å²) in [4.78, 5) is 27.5. The summed E-state index contributed by atoms with van der Waals surface area (Å²) in [6, 6.07) is 12.7. The van der Waals surface area contributed by atoms with Gasteiger partial charge in [0.1, 0.15) is 5.75 Å². The fourth-order valence-corrected chi connectivity index (χ4v) is 2.77. The highest BCUT2D eigenvalue weighted by molar-refractivity contribution is 7.98. The molecule has 26 heavy (non-hydrogen) atoms. The van der Waals surface area contributed by atoms with Crippen LogP contribution in [0, 0.1) is 10.1 Å². The highest BCUT2D eigenvalue weighted by atomic mass is 32.2. The smallest absolute Gasteiger partial charge is 0.280 e. The first-order chi connectivity index (χ1) is 12.5. The van der Waals surface area contributed by atoms with E-state index in [-0.39, 0.29) is 11.3 Å². The summed E-state index contributed by atoms with van der Waals surface area (Å²) < 4.78 is 6.28. The molecule has 1 aromatic heterocycles. The summed E-state index contributed by atoms with van der Waals surface area (Å²) in [6.45, 7) is 0. The number of hydrogen-bond acceptors (Lipinski definition) is 7. The number of rotatable bonds is 5. The monoisotopic (exact) mass is 370 g/mol. The number of hydrogen-bond donors (Lipinski definition) is 0. The Morgan fingerprint density at radius 2 is 1.96 bits per heavy atom. The summed E-state index contributed by atoms with van der Waals surface area (Å²) in [7, 11) is 1.57. The number of nitro benzene ring substituents is 1. The minimum Gasteiger partial charge on any atom is -0.497 e. The van der Waals surface area contributed by atoms with E-state index in [0.717, 1.165) is 10.2 Å². The molecule has 0 aliphatic carbocycles. The molecule has 0 aliphatic heterocycles. The number of nitro groups is 1. The van der Waals surface area contributed by atoms with Crippen LogP contribution in [-0.4, -0.2) is 39.0 Å². The van der Waals surface area contributed by atoms with Gasteiger partial charge < -0.3 is 4.74 Å². The van der Waals surface area contributed by atoms with E-state index in [9.17, 15) is 14.9 Å². The van der Waals surface area contributed by atoms with Gasteiger partial charge in [-0.2, -0.15) is 4.68 Å². The van der Waals surface area contributed by atoms with Crippen molar-refractivity contribution in [3.8, 4) is 17.1 Å².